The number of aryl methyl sites for hydroxylation is 1. The van der Waals surface area contributed by atoms with Crippen LogP contribution in [0.2, 0.25) is 0 Å². The highest BCUT2D eigenvalue weighted by molar-refractivity contribution is 5.79. The number of rotatable bonds is 9. The third-order valence-corrected chi connectivity index (χ3v) is 5.71. The average Bonchev–Trinajstić information content (AvgIpc) is 3.25. The van der Waals surface area contributed by atoms with Gasteiger partial charge in [-0.2, -0.15) is 0 Å². The van der Waals surface area contributed by atoms with Crippen molar-refractivity contribution >= 4 is 10.9 Å². The fourth-order valence-corrected chi connectivity index (χ4v) is 3.93. The maximum absolute atomic E-state index is 12.8. The Bertz CT molecular complexity index is 1230. The molecule has 0 aliphatic carbocycles. The van der Waals surface area contributed by atoms with E-state index in [4.69, 9.17) is 0 Å². The molecule has 8 nitrogen and oxygen atoms in total. The van der Waals surface area contributed by atoms with Crippen LogP contribution >= 0.6 is 0 Å². The van der Waals surface area contributed by atoms with E-state index in [2.05, 4.69) is 31.5 Å². The number of pyridine rings is 1. The maximum Gasteiger partial charge on any atom is 0.252 e. The van der Waals surface area contributed by atoms with Crippen LogP contribution in [0.15, 0.2) is 59.4 Å². The van der Waals surface area contributed by atoms with Crippen LogP contribution in [0, 0.1) is 6.92 Å². The quantitative estimate of drug-likeness (QED) is 0.422. The predicted octanol–water partition coefficient (Wildman–Crippen LogP) is 2.82. The van der Waals surface area contributed by atoms with Crippen LogP contribution in [0.25, 0.3) is 10.9 Å². The van der Waals surface area contributed by atoms with Crippen molar-refractivity contribution in [2.75, 3.05) is 13.2 Å². The molecule has 0 aliphatic heterocycles. The zero-order valence-corrected chi connectivity index (χ0v) is 18.4. The molecule has 0 aliphatic rings. The number of aromatic nitrogens is 5. The summed E-state index contributed by atoms with van der Waals surface area (Å²) in [6.07, 6.45) is 0.592. The molecular formula is C24H28N6O2. The summed E-state index contributed by atoms with van der Waals surface area (Å²) in [5.41, 5.74) is 3.64. The number of nitrogens with one attached hydrogen (secondary N) is 1. The number of nitrogens with zero attached hydrogens (tertiary/aromatic N) is 5. The molecule has 0 bridgehead atoms. The molecular weight excluding hydrogens is 404 g/mol. The molecule has 2 aromatic heterocycles. The van der Waals surface area contributed by atoms with Gasteiger partial charge in [-0.1, -0.05) is 42.0 Å². The molecule has 0 saturated heterocycles. The highest BCUT2D eigenvalue weighted by atomic mass is 16.3. The molecule has 0 amide bonds. The summed E-state index contributed by atoms with van der Waals surface area (Å²) in [7, 11) is 0. The summed E-state index contributed by atoms with van der Waals surface area (Å²) in [4.78, 5) is 17.9. The van der Waals surface area contributed by atoms with Crippen LogP contribution in [0.4, 0.5) is 0 Å². The molecule has 1 atom stereocenters. The van der Waals surface area contributed by atoms with Gasteiger partial charge in [-0.25, -0.2) is 4.68 Å². The van der Waals surface area contributed by atoms with E-state index in [1.165, 1.54) is 0 Å². The lowest BCUT2D eigenvalue weighted by atomic mass is 10.1. The van der Waals surface area contributed by atoms with Gasteiger partial charge in [0.2, 0.25) is 0 Å². The molecule has 2 heterocycles. The summed E-state index contributed by atoms with van der Waals surface area (Å²) < 4.78 is 1.79. The summed E-state index contributed by atoms with van der Waals surface area (Å²) in [6, 6.07) is 17.8. The lowest BCUT2D eigenvalue weighted by molar-refractivity contribution is 0.167. The largest absolute Gasteiger partial charge is 0.396 e. The number of hydrogen-bond acceptors (Lipinski definition) is 6. The fraction of sp³-hybridized carbons (Fsp3) is 0.333. The van der Waals surface area contributed by atoms with Gasteiger partial charge in [-0.05, 0) is 59.8 Å². The zero-order valence-electron chi connectivity index (χ0n) is 18.4. The Hall–Kier alpha value is -3.36. The van der Waals surface area contributed by atoms with Gasteiger partial charge < -0.3 is 10.1 Å². The highest BCUT2D eigenvalue weighted by Crippen LogP contribution is 2.22. The average molecular weight is 433 g/mol. The molecule has 0 saturated carbocycles. The van der Waals surface area contributed by atoms with E-state index >= 15 is 0 Å². The minimum atomic E-state index is -0.145. The maximum atomic E-state index is 12.8. The van der Waals surface area contributed by atoms with Gasteiger partial charge in [0.1, 0.15) is 0 Å². The molecule has 166 valence electrons. The van der Waals surface area contributed by atoms with E-state index < -0.39 is 0 Å². The smallest absolute Gasteiger partial charge is 0.252 e. The topological polar surface area (TPSA) is 99.9 Å². The number of aliphatic hydroxyl groups is 1. The van der Waals surface area contributed by atoms with Crippen molar-refractivity contribution in [2.45, 2.75) is 39.4 Å². The fourth-order valence-electron chi connectivity index (χ4n) is 3.93. The number of aromatic amines is 1. The van der Waals surface area contributed by atoms with E-state index in [1.807, 2.05) is 62.4 Å². The van der Waals surface area contributed by atoms with Crippen LogP contribution in [0.3, 0.4) is 0 Å². The van der Waals surface area contributed by atoms with Gasteiger partial charge in [0, 0.05) is 30.8 Å². The minimum absolute atomic E-state index is 0.0748. The lowest BCUT2D eigenvalue weighted by Gasteiger charge is -2.28. The molecule has 8 heteroatoms. The van der Waals surface area contributed by atoms with Crippen molar-refractivity contribution in [3.05, 3.63) is 87.5 Å². The van der Waals surface area contributed by atoms with E-state index in [-0.39, 0.29) is 18.2 Å². The second-order valence-corrected chi connectivity index (χ2v) is 8.12. The van der Waals surface area contributed by atoms with Crippen LogP contribution in [-0.4, -0.2) is 48.3 Å². The SMILES string of the molecule is Cc1ccc2[nH]c(=O)c(CN(CCCO)[C@H](C)c3nnnn3Cc3ccccc3)cc2c1. The normalized spacial score (nSPS) is 12.5. The van der Waals surface area contributed by atoms with Crippen molar-refractivity contribution in [3.8, 4) is 0 Å². The molecule has 0 fully saturated rings. The van der Waals surface area contributed by atoms with Gasteiger partial charge in [0.25, 0.3) is 5.56 Å². The summed E-state index contributed by atoms with van der Waals surface area (Å²) in [5.74, 6) is 0.722. The van der Waals surface area contributed by atoms with Crippen LogP contribution < -0.4 is 5.56 Å². The Morgan fingerprint density at radius 2 is 1.97 bits per heavy atom. The first-order valence-electron chi connectivity index (χ1n) is 10.8. The first kappa shape index (κ1) is 21.9. The second kappa shape index (κ2) is 9.84. The number of H-pyrrole nitrogens is 1. The van der Waals surface area contributed by atoms with E-state index in [9.17, 15) is 9.90 Å². The molecule has 32 heavy (non-hydrogen) atoms. The molecule has 2 aromatic carbocycles. The van der Waals surface area contributed by atoms with Crippen LogP contribution in [0.5, 0.6) is 0 Å². The first-order chi connectivity index (χ1) is 15.5. The van der Waals surface area contributed by atoms with Gasteiger partial charge in [-0.15, -0.1) is 5.10 Å². The highest BCUT2D eigenvalue weighted by Gasteiger charge is 2.23. The first-order valence-corrected chi connectivity index (χ1v) is 10.8. The van der Waals surface area contributed by atoms with Crippen molar-refractivity contribution < 1.29 is 5.11 Å². The van der Waals surface area contributed by atoms with Crippen LogP contribution in [0.1, 0.15) is 41.9 Å². The molecule has 0 radical (unpaired) electrons. The molecule has 4 aromatic rings. The third kappa shape index (κ3) is 4.92. The Morgan fingerprint density at radius 3 is 2.75 bits per heavy atom. The summed E-state index contributed by atoms with van der Waals surface area (Å²) in [6.45, 7) is 5.75. The Labute approximate surface area is 186 Å². The number of tetrazole rings is 1. The predicted molar refractivity (Wildman–Crippen MR) is 123 cm³/mol. The minimum Gasteiger partial charge on any atom is -0.396 e. The van der Waals surface area contributed by atoms with Crippen molar-refractivity contribution in [2.24, 2.45) is 0 Å². The van der Waals surface area contributed by atoms with E-state index in [1.54, 1.807) is 4.68 Å². The van der Waals surface area contributed by atoms with E-state index in [0.29, 0.717) is 31.6 Å². The van der Waals surface area contributed by atoms with Crippen LogP contribution in [-0.2, 0) is 13.1 Å². The van der Waals surface area contributed by atoms with Crippen molar-refractivity contribution in [1.82, 2.24) is 30.1 Å². The lowest BCUT2D eigenvalue weighted by Crippen LogP contribution is -2.32. The Balaban J connectivity index is 1.62. The van der Waals surface area contributed by atoms with Gasteiger partial charge in [-0.3, -0.25) is 9.69 Å². The number of aliphatic hydroxyl groups excluding tert-OH is 1. The Morgan fingerprint density at radius 1 is 1.16 bits per heavy atom. The molecule has 4 rings (SSSR count). The molecule has 0 unspecified atom stereocenters. The number of fused-ring (bicyclic) bond motifs is 1. The number of benzene rings is 2. The van der Waals surface area contributed by atoms with Gasteiger partial charge >= 0.3 is 0 Å². The number of hydrogen-bond donors (Lipinski definition) is 2. The monoisotopic (exact) mass is 432 g/mol. The Kier molecular flexibility index (Phi) is 6.72. The van der Waals surface area contributed by atoms with E-state index in [0.717, 1.165) is 27.9 Å². The van der Waals surface area contributed by atoms with Crippen molar-refractivity contribution in [3.63, 3.8) is 0 Å². The summed E-state index contributed by atoms with van der Waals surface area (Å²) >= 11 is 0. The van der Waals surface area contributed by atoms with Gasteiger partial charge in [0.15, 0.2) is 5.82 Å². The second-order valence-electron chi connectivity index (χ2n) is 8.12. The standard InChI is InChI=1S/C24H28N6O2/c1-17-9-10-22-20(13-17)14-21(24(32)25-22)16-29(11-6-12-31)18(2)23-26-27-28-30(23)15-19-7-4-3-5-8-19/h3-5,7-10,13-14,18,31H,6,11-12,15-16H2,1-2H3,(H,25,32)/t18-/m1/s1. The third-order valence-electron chi connectivity index (χ3n) is 5.71. The van der Waals surface area contributed by atoms with Crippen molar-refractivity contribution in [1.29, 1.82) is 0 Å². The summed E-state index contributed by atoms with van der Waals surface area (Å²) in [5, 5.41) is 22.8. The van der Waals surface area contributed by atoms with Gasteiger partial charge in [0.05, 0.1) is 12.6 Å². The molecule has 2 N–H and O–H groups in total. The molecule has 0 spiro atoms. The zero-order chi connectivity index (χ0) is 22.5.